The molecule has 0 aliphatic carbocycles. The van der Waals surface area contributed by atoms with E-state index in [1.807, 2.05) is 18.2 Å². The van der Waals surface area contributed by atoms with Crippen molar-refractivity contribution >= 4 is 0 Å². The lowest BCUT2D eigenvalue weighted by molar-refractivity contribution is -0.301. The quantitative estimate of drug-likeness (QED) is 0.280. The van der Waals surface area contributed by atoms with Gasteiger partial charge in [-0.3, -0.25) is 9.97 Å². The predicted octanol–water partition coefficient (Wildman–Crippen LogP) is 0.472. The van der Waals surface area contributed by atoms with E-state index in [0.717, 1.165) is 11.1 Å². The van der Waals surface area contributed by atoms with Gasteiger partial charge in [0.2, 0.25) is 0 Å². The molecule has 1 aromatic carbocycles. The van der Waals surface area contributed by atoms with Gasteiger partial charge in [0.25, 0.3) is 0 Å². The van der Waals surface area contributed by atoms with Crippen LogP contribution in [-0.4, -0.2) is 80.9 Å². The van der Waals surface area contributed by atoms with Crippen LogP contribution in [0, 0.1) is 23.7 Å². The first-order chi connectivity index (χ1) is 18.1. The van der Waals surface area contributed by atoms with Gasteiger partial charge in [-0.1, -0.05) is 29.7 Å². The number of benzene rings is 1. The Bertz CT molecular complexity index is 1200. The van der Waals surface area contributed by atoms with Gasteiger partial charge in [0, 0.05) is 35.9 Å². The normalized spacial score (nSPS) is 22.8. The van der Waals surface area contributed by atoms with Crippen molar-refractivity contribution in [2.45, 2.75) is 30.7 Å². The molecule has 2 aromatic heterocycles. The molecule has 0 amide bonds. The molecule has 1 saturated heterocycles. The first kappa shape index (κ1) is 26.3. The summed E-state index contributed by atoms with van der Waals surface area (Å²) in [7, 11) is 0. The average Bonchev–Trinajstić information content (AvgIpc) is 2.94. The SMILES string of the molecule is OC[C@H]1OC(OCCOc2c(C#Cc3ccncc3)cccc2C#Cc2ccncc2)[C@H](O)[C@@H](O)[C@@H]1O. The minimum Gasteiger partial charge on any atom is -0.489 e. The van der Waals surface area contributed by atoms with Gasteiger partial charge in [0.1, 0.15) is 31.0 Å². The van der Waals surface area contributed by atoms with E-state index in [0.29, 0.717) is 16.9 Å². The Morgan fingerprint density at radius 1 is 0.730 bits per heavy atom. The number of ether oxygens (including phenoxy) is 3. The van der Waals surface area contributed by atoms with E-state index >= 15 is 0 Å². The van der Waals surface area contributed by atoms with Crippen LogP contribution >= 0.6 is 0 Å². The molecule has 1 unspecified atom stereocenters. The smallest absolute Gasteiger partial charge is 0.186 e. The Labute approximate surface area is 214 Å². The van der Waals surface area contributed by atoms with Crippen molar-refractivity contribution in [1.29, 1.82) is 0 Å². The minimum absolute atomic E-state index is 0.0218. The highest BCUT2D eigenvalue weighted by Gasteiger charge is 2.43. The third-order valence-electron chi connectivity index (χ3n) is 5.52. The Morgan fingerprint density at radius 2 is 1.30 bits per heavy atom. The van der Waals surface area contributed by atoms with Crippen molar-refractivity contribution in [3.05, 3.63) is 89.5 Å². The number of aromatic nitrogens is 2. The molecular weight excluding hydrogens is 476 g/mol. The lowest BCUT2D eigenvalue weighted by Gasteiger charge is -2.39. The van der Waals surface area contributed by atoms with Gasteiger partial charge >= 0.3 is 0 Å². The standard InChI is InChI=1S/C28H26N2O7/c31-18-23-24(32)25(33)26(34)28(37-23)36-17-16-35-27-21(6-4-19-8-12-29-13-9-19)2-1-3-22(27)7-5-20-10-14-30-15-11-20/h1-3,8-15,23-26,28,31-34H,16-18H2/t23-,24-,25+,26-,28?/m1/s1. The molecule has 3 heterocycles. The fraction of sp³-hybridized carbons (Fsp3) is 0.286. The molecule has 0 radical (unpaired) electrons. The zero-order valence-electron chi connectivity index (χ0n) is 19.8. The zero-order chi connectivity index (χ0) is 26.0. The molecule has 3 aromatic rings. The van der Waals surface area contributed by atoms with Gasteiger partial charge in [-0.25, -0.2) is 0 Å². The van der Waals surface area contributed by atoms with Gasteiger partial charge in [0.15, 0.2) is 12.0 Å². The number of aliphatic hydroxyl groups is 4. The maximum absolute atomic E-state index is 10.2. The summed E-state index contributed by atoms with van der Waals surface area (Å²) in [5.41, 5.74) is 2.82. The number of nitrogens with zero attached hydrogens (tertiary/aromatic N) is 2. The second-order valence-corrected chi connectivity index (χ2v) is 8.07. The Balaban J connectivity index is 1.51. The fourth-order valence-electron chi connectivity index (χ4n) is 3.55. The molecule has 4 N–H and O–H groups in total. The molecule has 190 valence electrons. The van der Waals surface area contributed by atoms with Gasteiger partial charge in [-0.2, -0.15) is 0 Å². The second kappa shape index (κ2) is 12.9. The van der Waals surface area contributed by atoms with Crippen LogP contribution in [0.1, 0.15) is 22.3 Å². The highest BCUT2D eigenvalue weighted by molar-refractivity contribution is 5.59. The average molecular weight is 503 g/mol. The molecule has 1 aliphatic heterocycles. The van der Waals surface area contributed by atoms with Crippen molar-refractivity contribution in [2.24, 2.45) is 0 Å². The largest absolute Gasteiger partial charge is 0.489 e. The fourth-order valence-corrected chi connectivity index (χ4v) is 3.55. The molecule has 0 bridgehead atoms. The second-order valence-electron chi connectivity index (χ2n) is 8.07. The summed E-state index contributed by atoms with van der Waals surface area (Å²) >= 11 is 0. The van der Waals surface area contributed by atoms with E-state index in [2.05, 4.69) is 33.6 Å². The zero-order valence-corrected chi connectivity index (χ0v) is 19.8. The molecular formula is C28H26N2O7. The predicted molar refractivity (Wildman–Crippen MR) is 132 cm³/mol. The van der Waals surface area contributed by atoms with Crippen molar-refractivity contribution in [3.8, 4) is 29.4 Å². The summed E-state index contributed by atoms with van der Waals surface area (Å²) < 4.78 is 16.9. The number of hydrogen-bond donors (Lipinski definition) is 4. The van der Waals surface area contributed by atoms with Crippen molar-refractivity contribution in [3.63, 3.8) is 0 Å². The first-order valence-corrected chi connectivity index (χ1v) is 11.6. The van der Waals surface area contributed by atoms with Gasteiger partial charge in [0.05, 0.1) is 24.3 Å². The molecule has 0 spiro atoms. The van der Waals surface area contributed by atoms with Crippen LogP contribution in [0.15, 0.2) is 67.3 Å². The minimum atomic E-state index is -1.52. The summed E-state index contributed by atoms with van der Waals surface area (Å²) in [6.07, 6.45) is -0.112. The van der Waals surface area contributed by atoms with Crippen LogP contribution in [0.25, 0.3) is 0 Å². The third kappa shape index (κ3) is 6.91. The van der Waals surface area contributed by atoms with Crippen LogP contribution in [0.2, 0.25) is 0 Å². The van der Waals surface area contributed by atoms with E-state index in [4.69, 9.17) is 14.2 Å². The van der Waals surface area contributed by atoms with Crippen LogP contribution in [-0.2, 0) is 9.47 Å². The maximum atomic E-state index is 10.2. The number of para-hydroxylation sites is 1. The van der Waals surface area contributed by atoms with E-state index in [-0.39, 0.29) is 13.2 Å². The first-order valence-electron chi connectivity index (χ1n) is 11.6. The maximum Gasteiger partial charge on any atom is 0.186 e. The molecule has 1 aliphatic rings. The van der Waals surface area contributed by atoms with Crippen molar-refractivity contribution < 1.29 is 34.6 Å². The topological polar surface area (TPSA) is 134 Å². The van der Waals surface area contributed by atoms with E-state index < -0.39 is 37.3 Å². The Morgan fingerprint density at radius 3 is 1.84 bits per heavy atom. The summed E-state index contributed by atoms with van der Waals surface area (Å²) in [5, 5.41) is 39.3. The summed E-state index contributed by atoms with van der Waals surface area (Å²) in [6.45, 7) is -0.511. The van der Waals surface area contributed by atoms with Crippen LogP contribution in [0.3, 0.4) is 0 Å². The number of pyridine rings is 2. The van der Waals surface area contributed by atoms with E-state index in [1.165, 1.54) is 0 Å². The van der Waals surface area contributed by atoms with Crippen LogP contribution in [0.4, 0.5) is 0 Å². The van der Waals surface area contributed by atoms with Gasteiger partial charge in [-0.15, -0.1) is 0 Å². The molecule has 0 saturated carbocycles. The lowest BCUT2D eigenvalue weighted by Crippen LogP contribution is -2.59. The summed E-state index contributed by atoms with van der Waals surface area (Å²) in [4.78, 5) is 7.99. The molecule has 1 fully saturated rings. The van der Waals surface area contributed by atoms with Crippen LogP contribution in [0.5, 0.6) is 5.75 Å². The molecule has 37 heavy (non-hydrogen) atoms. The molecule has 9 nitrogen and oxygen atoms in total. The van der Waals surface area contributed by atoms with Gasteiger partial charge in [-0.05, 0) is 36.4 Å². The van der Waals surface area contributed by atoms with Crippen LogP contribution < -0.4 is 4.74 Å². The number of hydrogen-bond acceptors (Lipinski definition) is 9. The van der Waals surface area contributed by atoms with E-state index in [9.17, 15) is 20.4 Å². The highest BCUT2D eigenvalue weighted by Crippen LogP contribution is 2.24. The van der Waals surface area contributed by atoms with Crippen molar-refractivity contribution in [1.82, 2.24) is 9.97 Å². The Kier molecular flexibility index (Phi) is 9.19. The van der Waals surface area contributed by atoms with E-state index in [1.54, 1.807) is 49.1 Å². The Hall–Kier alpha value is -3.80. The third-order valence-corrected chi connectivity index (χ3v) is 5.52. The highest BCUT2D eigenvalue weighted by atomic mass is 16.7. The monoisotopic (exact) mass is 502 g/mol. The number of aliphatic hydroxyl groups excluding tert-OH is 4. The summed E-state index contributed by atoms with van der Waals surface area (Å²) in [6, 6.07) is 12.7. The van der Waals surface area contributed by atoms with Gasteiger partial charge < -0.3 is 34.6 Å². The molecule has 9 heteroatoms. The molecule has 5 atom stereocenters. The molecule has 4 rings (SSSR count). The number of rotatable bonds is 6. The lowest BCUT2D eigenvalue weighted by atomic mass is 9.99. The summed E-state index contributed by atoms with van der Waals surface area (Å²) in [5.74, 6) is 12.9. The van der Waals surface area contributed by atoms with Crippen molar-refractivity contribution in [2.75, 3.05) is 19.8 Å².